The van der Waals surface area contributed by atoms with Gasteiger partial charge in [-0.1, -0.05) is 18.2 Å². The van der Waals surface area contributed by atoms with Crippen molar-refractivity contribution >= 4 is 29.4 Å². The molecule has 0 spiro atoms. The molecule has 0 bridgehead atoms. The van der Waals surface area contributed by atoms with E-state index in [1.54, 1.807) is 60.7 Å². The Bertz CT molecular complexity index is 1270. The zero-order valence-corrected chi connectivity index (χ0v) is 21.1. The summed E-state index contributed by atoms with van der Waals surface area (Å²) in [6.45, 7) is 0.318. The standard InChI is InChI=1S/C29H29F3N2O5/c30-29(31,32)16-1-2-17-37-24-12-7-22(8-13-24)28(36)39-25-10-3-20(4-11-25)5-14-27(35)38-18-15-21-6-9-23(33)19-26(21)34/h3-14,19H,1-2,15-18,33-34H2/b14-5+. The van der Waals surface area contributed by atoms with Crippen LogP contribution in [0.1, 0.15) is 40.7 Å². The number of carbonyl (C=O) groups is 2. The number of nitrogens with two attached hydrogens (primary N) is 2. The lowest BCUT2D eigenvalue weighted by molar-refractivity contribution is -0.138. The summed E-state index contributed by atoms with van der Waals surface area (Å²) in [6, 6.07) is 17.8. The first kappa shape index (κ1) is 29.1. The molecule has 0 aliphatic carbocycles. The topological polar surface area (TPSA) is 114 Å². The van der Waals surface area contributed by atoms with E-state index in [1.165, 1.54) is 18.2 Å². The summed E-state index contributed by atoms with van der Waals surface area (Å²) in [5.41, 5.74) is 14.5. The zero-order valence-electron chi connectivity index (χ0n) is 21.1. The lowest BCUT2D eigenvalue weighted by Crippen LogP contribution is -2.09. The second-order valence-corrected chi connectivity index (χ2v) is 8.61. The molecule has 3 aromatic rings. The van der Waals surface area contributed by atoms with Crippen LogP contribution in [-0.2, 0) is 16.0 Å². The first-order chi connectivity index (χ1) is 18.6. The maximum absolute atomic E-state index is 12.4. The van der Waals surface area contributed by atoms with Crippen LogP contribution in [0.3, 0.4) is 0 Å². The van der Waals surface area contributed by atoms with E-state index in [4.69, 9.17) is 25.7 Å². The van der Waals surface area contributed by atoms with E-state index in [1.807, 2.05) is 0 Å². The SMILES string of the molecule is Nc1ccc(CCOC(=O)/C=C/c2ccc(OC(=O)c3ccc(OCCCCC(F)(F)F)cc3)cc2)c(N)c1. The molecule has 0 saturated heterocycles. The molecule has 0 radical (unpaired) electrons. The minimum atomic E-state index is -4.16. The molecule has 0 amide bonds. The Morgan fingerprint density at radius 1 is 0.846 bits per heavy atom. The number of benzene rings is 3. The van der Waals surface area contributed by atoms with Crippen molar-refractivity contribution in [2.45, 2.75) is 31.9 Å². The molecule has 0 atom stereocenters. The molecule has 0 unspecified atom stereocenters. The average Bonchev–Trinajstić information content (AvgIpc) is 2.89. The van der Waals surface area contributed by atoms with Crippen LogP contribution in [0, 0.1) is 0 Å². The number of alkyl halides is 3. The van der Waals surface area contributed by atoms with Gasteiger partial charge in [-0.05, 0) is 78.6 Å². The van der Waals surface area contributed by atoms with Crippen molar-refractivity contribution < 1.29 is 37.0 Å². The Labute approximate surface area is 224 Å². The van der Waals surface area contributed by atoms with Crippen molar-refractivity contribution in [1.82, 2.24) is 0 Å². The predicted molar refractivity (Wildman–Crippen MR) is 142 cm³/mol. The maximum Gasteiger partial charge on any atom is 0.389 e. The van der Waals surface area contributed by atoms with Gasteiger partial charge >= 0.3 is 18.1 Å². The van der Waals surface area contributed by atoms with E-state index in [0.29, 0.717) is 34.9 Å². The number of nitrogen functional groups attached to an aromatic ring is 2. The van der Waals surface area contributed by atoms with Crippen LogP contribution < -0.4 is 20.9 Å². The maximum atomic E-state index is 12.4. The molecule has 39 heavy (non-hydrogen) atoms. The summed E-state index contributed by atoms with van der Waals surface area (Å²) < 4.78 is 52.4. The van der Waals surface area contributed by atoms with Crippen LogP contribution in [0.5, 0.6) is 11.5 Å². The van der Waals surface area contributed by atoms with Gasteiger partial charge in [0.2, 0.25) is 0 Å². The lowest BCUT2D eigenvalue weighted by Gasteiger charge is -2.09. The van der Waals surface area contributed by atoms with Crippen LogP contribution in [-0.4, -0.2) is 31.3 Å². The number of rotatable bonds is 12. The fourth-order valence-electron chi connectivity index (χ4n) is 3.43. The molecule has 10 heteroatoms. The third kappa shape index (κ3) is 10.4. The molecule has 0 saturated carbocycles. The first-order valence-corrected chi connectivity index (χ1v) is 12.2. The Kier molecular flexibility index (Phi) is 10.4. The molecule has 3 rings (SSSR count). The largest absolute Gasteiger partial charge is 0.494 e. The fraction of sp³-hybridized carbons (Fsp3) is 0.241. The second-order valence-electron chi connectivity index (χ2n) is 8.61. The van der Waals surface area contributed by atoms with Gasteiger partial charge in [-0.3, -0.25) is 0 Å². The fourth-order valence-corrected chi connectivity index (χ4v) is 3.43. The van der Waals surface area contributed by atoms with E-state index in [2.05, 4.69) is 0 Å². The molecule has 0 aliphatic heterocycles. The van der Waals surface area contributed by atoms with Gasteiger partial charge in [0.15, 0.2) is 0 Å². The second kappa shape index (κ2) is 13.9. The van der Waals surface area contributed by atoms with E-state index in [0.717, 1.165) is 5.56 Å². The molecule has 7 nitrogen and oxygen atoms in total. The number of unbranched alkanes of at least 4 members (excludes halogenated alkanes) is 1. The van der Waals surface area contributed by atoms with Crippen molar-refractivity contribution in [2.75, 3.05) is 24.7 Å². The predicted octanol–water partition coefficient (Wildman–Crippen LogP) is 5.98. The summed E-state index contributed by atoms with van der Waals surface area (Å²) in [5, 5.41) is 0. The van der Waals surface area contributed by atoms with Crippen molar-refractivity contribution in [3.05, 3.63) is 89.5 Å². The summed E-state index contributed by atoms with van der Waals surface area (Å²) >= 11 is 0. The molecule has 4 N–H and O–H groups in total. The quantitative estimate of drug-likeness (QED) is 0.0951. The number of carbonyl (C=O) groups excluding carboxylic acids is 2. The highest BCUT2D eigenvalue weighted by atomic mass is 19.4. The Morgan fingerprint density at radius 3 is 2.21 bits per heavy atom. The number of hydrogen-bond donors (Lipinski definition) is 2. The molecule has 0 aliphatic rings. The van der Waals surface area contributed by atoms with E-state index in [-0.39, 0.29) is 31.6 Å². The number of hydrogen-bond acceptors (Lipinski definition) is 7. The van der Waals surface area contributed by atoms with Crippen molar-refractivity contribution in [3.8, 4) is 11.5 Å². The van der Waals surface area contributed by atoms with Crippen LogP contribution in [0.15, 0.2) is 72.8 Å². The third-order valence-electron chi connectivity index (χ3n) is 5.50. The molecule has 206 valence electrons. The zero-order chi connectivity index (χ0) is 28.3. The van der Waals surface area contributed by atoms with Crippen LogP contribution in [0.2, 0.25) is 0 Å². The van der Waals surface area contributed by atoms with E-state index in [9.17, 15) is 22.8 Å². The number of anilines is 2. The van der Waals surface area contributed by atoms with Crippen LogP contribution >= 0.6 is 0 Å². The van der Waals surface area contributed by atoms with Crippen LogP contribution in [0.4, 0.5) is 24.5 Å². The van der Waals surface area contributed by atoms with Gasteiger partial charge in [0.1, 0.15) is 11.5 Å². The first-order valence-electron chi connectivity index (χ1n) is 12.2. The highest BCUT2D eigenvalue weighted by Gasteiger charge is 2.25. The number of halogens is 3. The molecule has 3 aromatic carbocycles. The highest BCUT2D eigenvalue weighted by molar-refractivity contribution is 5.91. The molecular weight excluding hydrogens is 513 g/mol. The minimum Gasteiger partial charge on any atom is -0.494 e. The number of ether oxygens (including phenoxy) is 3. The van der Waals surface area contributed by atoms with Gasteiger partial charge in [0, 0.05) is 30.3 Å². The third-order valence-corrected chi connectivity index (χ3v) is 5.50. The van der Waals surface area contributed by atoms with Gasteiger partial charge in [-0.25, -0.2) is 9.59 Å². The lowest BCUT2D eigenvalue weighted by atomic mass is 10.1. The van der Waals surface area contributed by atoms with Crippen molar-refractivity contribution in [2.24, 2.45) is 0 Å². The van der Waals surface area contributed by atoms with Gasteiger partial charge < -0.3 is 25.7 Å². The van der Waals surface area contributed by atoms with Gasteiger partial charge in [0.05, 0.1) is 18.8 Å². The summed E-state index contributed by atoms with van der Waals surface area (Å²) in [5.74, 6) is -0.331. The molecule has 0 fully saturated rings. The Morgan fingerprint density at radius 2 is 1.54 bits per heavy atom. The van der Waals surface area contributed by atoms with Crippen molar-refractivity contribution in [3.63, 3.8) is 0 Å². The van der Waals surface area contributed by atoms with Crippen molar-refractivity contribution in [1.29, 1.82) is 0 Å². The van der Waals surface area contributed by atoms with Gasteiger partial charge in [-0.15, -0.1) is 0 Å². The van der Waals surface area contributed by atoms with Gasteiger partial charge in [0.25, 0.3) is 0 Å². The monoisotopic (exact) mass is 542 g/mol. The number of esters is 2. The summed E-state index contributed by atoms with van der Waals surface area (Å²) in [4.78, 5) is 24.4. The Balaban J connectivity index is 1.40. The summed E-state index contributed by atoms with van der Waals surface area (Å²) in [6.07, 6.45) is -1.40. The minimum absolute atomic E-state index is 0.00614. The highest BCUT2D eigenvalue weighted by Crippen LogP contribution is 2.23. The van der Waals surface area contributed by atoms with Crippen LogP contribution in [0.25, 0.3) is 6.08 Å². The Hall–Kier alpha value is -4.47. The smallest absolute Gasteiger partial charge is 0.389 e. The molecule has 0 aromatic heterocycles. The normalized spacial score (nSPS) is 11.4. The van der Waals surface area contributed by atoms with Gasteiger partial charge in [-0.2, -0.15) is 13.2 Å². The summed E-state index contributed by atoms with van der Waals surface area (Å²) in [7, 11) is 0. The molecular formula is C29H29F3N2O5. The van der Waals surface area contributed by atoms with E-state index >= 15 is 0 Å². The average molecular weight is 543 g/mol. The molecule has 0 heterocycles. The van der Waals surface area contributed by atoms with E-state index < -0.39 is 24.5 Å².